The third-order valence-electron chi connectivity index (χ3n) is 5.42. The molecule has 3 aromatic rings. The highest BCUT2D eigenvalue weighted by Crippen LogP contribution is 2.24. The summed E-state index contributed by atoms with van der Waals surface area (Å²) >= 11 is 0. The molecule has 29 heavy (non-hydrogen) atoms. The first-order valence-corrected chi connectivity index (χ1v) is 9.86. The second-order valence-corrected chi connectivity index (χ2v) is 7.46. The molecule has 0 saturated carbocycles. The molecule has 6 nitrogen and oxygen atoms in total. The predicted molar refractivity (Wildman–Crippen MR) is 110 cm³/mol. The Balaban J connectivity index is 1.46. The molecule has 0 radical (unpaired) electrons. The van der Waals surface area contributed by atoms with E-state index in [4.69, 9.17) is 4.74 Å². The Bertz CT molecular complexity index is 1010. The second-order valence-electron chi connectivity index (χ2n) is 7.46. The lowest BCUT2D eigenvalue weighted by atomic mass is 9.98. The van der Waals surface area contributed by atoms with Crippen molar-refractivity contribution in [3.05, 3.63) is 66.4 Å². The van der Waals surface area contributed by atoms with Crippen molar-refractivity contribution < 1.29 is 19.4 Å². The summed E-state index contributed by atoms with van der Waals surface area (Å²) in [6.07, 6.45) is 3.25. The zero-order valence-corrected chi connectivity index (χ0v) is 16.2. The van der Waals surface area contributed by atoms with E-state index in [-0.39, 0.29) is 12.5 Å². The van der Waals surface area contributed by atoms with E-state index in [1.807, 2.05) is 65.4 Å². The summed E-state index contributed by atoms with van der Waals surface area (Å²) < 4.78 is 7.81. The normalized spacial score (nSPS) is 16.7. The smallest absolute Gasteiger partial charge is 0.308 e. The van der Waals surface area contributed by atoms with Gasteiger partial charge in [-0.2, -0.15) is 0 Å². The fourth-order valence-corrected chi connectivity index (χ4v) is 3.78. The number of carbonyl (C=O) groups excluding carboxylic acids is 1. The van der Waals surface area contributed by atoms with Crippen LogP contribution in [0.5, 0.6) is 5.75 Å². The number of likely N-dealkylation sites (tertiary alicyclic amines) is 1. The van der Waals surface area contributed by atoms with E-state index in [2.05, 4.69) is 0 Å². The monoisotopic (exact) mass is 392 g/mol. The highest BCUT2D eigenvalue weighted by atomic mass is 16.5. The van der Waals surface area contributed by atoms with E-state index < -0.39 is 11.9 Å². The summed E-state index contributed by atoms with van der Waals surface area (Å²) in [5, 5.41) is 10.3. The maximum Gasteiger partial charge on any atom is 0.308 e. The summed E-state index contributed by atoms with van der Waals surface area (Å²) in [4.78, 5) is 25.7. The van der Waals surface area contributed by atoms with Crippen LogP contribution in [0.25, 0.3) is 10.9 Å². The second kappa shape index (κ2) is 8.39. The van der Waals surface area contributed by atoms with Crippen LogP contribution in [0.3, 0.4) is 0 Å². The molecule has 2 heterocycles. The van der Waals surface area contributed by atoms with Gasteiger partial charge in [0, 0.05) is 25.4 Å². The number of carboxylic acid groups (broad SMARTS) is 1. The van der Waals surface area contributed by atoms with Crippen molar-refractivity contribution in [1.82, 2.24) is 9.47 Å². The van der Waals surface area contributed by atoms with Gasteiger partial charge < -0.3 is 19.3 Å². The van der Waals surface area contributed by atoms with Gasteiger partial charge >= 0.3 is 5.97 Å². The van der Waals surface area contributed by atoms with Crippen molar-refractivity contribution >= 4 is 22.8 Å². The van der Waals surface area contributed by atoms with Crippen LogP contribution >= 0.6 is 0 Å². The van der Waals surface area contributed by atoms with Gasteiger partial charge in [0.05, 0.1) is 11.4 Å². The minimum absolute atomic E-state index is 0.0518. The number of aliphatic carboxylic acids is 1. The Labute approximate surface area is 169 Å². The van der Waals surface area contributed by atoms with Gasteiger partial charge in [0.1, 0.15) is 18.9 Å². The first kappa shape index (κ1) is 19.1. The number of amides is 1. The van der Waals surface area contributed by atoms with E-state index >= 15 is 0 Å². The molecule has 1 fully saturated rings. The van der Waals surface area contributed by atoms with Crippen LogP contribution in [0, 0.1) is 5.92 Å². The number of carboxylic acids is 1. The molecule has 0 bridgehead atoms. The van der Waals surface area contributed by atoms with Crippen molar-refractivity contribution in [3.63, 3.8) is 0 Å². The zero-order valence-electron chi connectivity index (χ0n) is 16.2. The van der Waals surface area contributed by atoms with Crippen LogP contribution < -0.4 is 4.74 Å². The molecule has 0 aliphatic carbocycles. The fourth-order valence-electron chi connectivity index (χ4n) is 3.78. The van der Waals surface area contributed by atoms with Gasteiger partial charge in [0.2, 0.25) is 5.91 Å². The average Bonchev–Trinajstić information content (AvgIpc) is 3.15. The Kier molecular flexibility index (Phi) is 5.51. The van der Waals surface area contributed by atoms with Crippen LogP contribution in [-0.2, 0) is 22.7 Å². The molecule has 6 heteroatoms. The van der Waals surface area contributed by atoms with Crippen molar-refractivity contribution in [2.24, 2.45) is 5.92 Å². The number of rotatable bonds is 6. The third kappa shape index (κ3) is 4.42. The molecule has 4 rings (SSSR count). The van der Waals surface area contributed by atoms with Gasteiger partial charge in [-0.15, -0.1) is 0 Å². The highest BCUT2D eigenvalue weighted by molar-refractivity contribution is 5.84. The molecule has 2 aromatic carbocycles. The quantitative estimate of drug-likeness (QED) is 0.696. The summed E-state index contributed by atoms with van der Waals surface area (Å²) in [7, 11) is 0. The van der Waals surface area contributed by atoms with Gasteiger partial charge in [-0.05, 0) is 42.0 Å². The first-order valence-electron chi connectivity index (χ1n) is 9.86. The number of carbonyl (C=O) groups is 2. The first-order chi connectivity index (χ1) is 14.1. The number of fused-ring (bicyclic) bond motifs is 1. The lowest BCUT2D eigenvalue weighted by molar-refractivity contribution is -0.145. The van der Waals surface area contributed by atoms with Gasteiger partial charge in [-0.25, -0.2) is 0 Å². The van der Waals surface area contributed by atoms with E-state index in [1.165, 1.54) is 0 Å². The lowest BCUT2D eigenvalue weighted by Crippen LogP contribution is -2.43. The van der Waals surface area contributed by atoms with Crippen LogP contribution in [0.1, 0.15) is 18.4 Å². The average molecular weight is 392 g/mol. The minimum atomic E-state index is -0.825. The highest BCUT2D eigenvalue weighted by Gasteiger charge is 2.28. The molecule has 1 aromatic heterocycles. The van der Waals surface area contributed by atoms with Gasteiger partial charge in [0.25, 0.3) is 0 Å². The number of ether oxygens (including phenoxy) is 1. The van der Waals surface area contributed by atoms with Crippen LogP contribution in [-0.4, -0.2) is 39.5 Å². The number of hydrogen-bond acceptors (Lipinski definition) is 3. The summed E-state index contributed by atoms with van der Waals surface area (Å²) in [5.41, 5.74) is 2.02. The Morgan fingerprint density at radius 2 is 1.93 bits per heavy atom. The molecule has 1 saturated heterocycles. The summed E-state index contributed by atoms with van der Waals surface area (Å²) in [6, 6.07) is 17.8. The standard InChI is InChI=1S/C23H24N2O4/c26-22(25-11-4-7-19(14-25)23(27)28)15-24-12-10-18-8-9-20(13-21(18)24)29-16-17-5-2-1-3-6-17/h1-3,5-6,8-10,12-13,19H,4,7,11,14-16H2,(H,27,28)/t19-/m1/s1. The van der Waals surface area contributed by atoms with Crippen molar-refractivity contribution in [1.29, 1.82) is 0 Å². The Morgan fingerprint density at radius 1 is 1.10 bits per heavy atom. The summed E-state index contributed by atoms with van der Waals surface area (Å²) in [6.45, 7) is 1.58. The van der Waals surface area contributed by atoms with E-state index in [0.717, 1.165) is 28.6 Å². The molecule has 1 amide bonds. The maximum absolute atomic E-state index is 12.8. The number of piperidine rings is 1. The SMILES string of the molecule is O=C(O)[C@@H]1CCCN(C(=O)Cn2ccc3ccc(OCc4ccccc4)cc32)C1. The van der Waals surface area contributed by atoms with E-state index in [9.17, 15) is 14.7 Å². The number of nitrogens with zero attached hydrogens (tertiary/aromatic N) is 2. The zero-order chi connectivity index (χ0) is 20.2. The topological polar surface area (TPSA) is 71.8 Å². The Hall–Kier alpha value is -3.28. The number of benzene rings is 2. The van der Waals surface area contributed by atoms with Gasteiger partial charge in [-0.3, -0.25) is 9.59 Å². The largest absolute Gasteiger partial charge is 0.489 e. The molecule has 150 valence electrons. The Morgan fingerprint density at radius 3 is 2.72 bits per heavy atom. The molecular formula is C23H24N2O4. The number of hydrogen-bond donors (Lipinski definition) is 1. The van der Waals surface area contributed by atoms with Gasteiger partial charge in [0.15, 0.2) is 0 Å². The van der Waals surface area contributed by atoms with Gasteiger partial charge in [-0.1, -0.05) is 30.3 Å². The third-order valence-corrected chi connectivity index (χ3v) is 5.42. The van der Waals surface area contributed by atoms with E-state index in [0.29, 0.717) is 26.1 Å². The van der Waals surface area contributed by atoms with Crippen LogP contribution in [0.2, 0.25) is 0 Å². The lowest BCUT2D eigenvalue weighted by Gasteiger charge is -2.31. The molecule has 1 aliphatic rings. The summed E-state index contributed by atoms with van der Waals surface area (Å²) in [5.74, 6) is -0.595. The molecule has 1 aliphatic heterocycles. The van der Waals surface area contributed by atoms with Crippen molar-refractivity contribution in [3.8, 4) is 5.75 Å². The van der Waals surface area contributed by atoms with Crippen LogP contribution in [0.4, 0.5) is 0 Å². The predicted octanol–water partition coefficient (Wildman–Crippen LogP) is 3.54. The molecule has 0 unspecified atom stereocenters. The molecule has 1 atom stereocenters. The molecular weight excluding hydrogens is 368 g/mol. The van der Waals surface area contributed by atoms with E-state index in [1.54, 1.807) is 4.90 Å². The number of aromatic nitrogens is 1. The minimum Gasteiger partial charge on any atom is -0.489 e. The molecule has 1 N–H and O–H groups in total. The molecule has 0 spiro atoms. The van der Waals surface area contributed by atoms with Crippen LogP contribution in [0.15, 0.2) is 60.8 Å². The van der Waals surface area contributed by atoms with Crippen molar-refractivity contribution in [2.45, 2.75) is 26.0 Å². The van der Waals surface area contributed by atoms with Crippen molar-refractivity contribution in [2.75, 3.05) is 13.1 Å². The maximum atomic E-state index is 12.8. The fraction of sp³-hybridized carbons (Fsp3) is 0.304.